The number of hydrogen-bond acceptors (Lipinski definition) is 4. The highest BCUT2D eigenvalue weighted by molar-refractivity contribution is 5.99. The number of phenolic OH excluding ortho intramolecular Hbond substituents is 1. The SMILES string of the molecule is COC(=O)[C@H]1CCCCN1C(=O)c1c(O)cccc1F. The molecular weight excluding hydrogens is 265 g/mol. The van der Waals surface area contributed by atoms with Crippen molar-refractivity contribution in [3.05, 3.63) is 29.6 Å². The molecule has 5 nitrogen and oxygen atoms in total. The van der Waals surface area contributed by atoms with Gasteiger partial charge in [-0.2, -0.15) is 0 Å². The van der Waals surface area contributed by atoms with Crippen LogP contribution in [-0.2, 0) is 9.53 Å². The fourth-order valence-corrected chi connectivity index (χ4v) is 2.42. The summed E-state index contributed by atoms with van der Waals surface area (Å²) < 4.78 is 18.4. The van der Waals surface area contributed by atoms with E-state index in [0.717, 1.165) is 18.9 Å². The number of aromatic hydroxyl groups is 1. The first kappa shape index (κ1) is 14.3. The van der Waals surface area contributed by atoms with Crippen molar-refractivity contribution in [2.75, 3.05) is 13.7 Å². The fourth-order valence-electron chi connectivity index (χ4n) is 2.42. The molecule has 1 aromatic carbocycles. The number of esters is 1. The van der Waals surface area contributed by atoms with Crippen molar-refractivity contribution in [3.63, 3.8) is 0 Å². The fraction of sp³-hybridized carbons (Fsp3) is 0.429. The Labute approximate surface area is 116 Å². The second kappa shape index (κ2) is 5.90. The van der Waals surface area contributed by atoms with Crippen molar-refractivity contribution in [2.45, 2.75) is 25.3 Å². The molecule has 1 fully saturated rings. The van der Waals surface area contributed by atoms with Crippen molar-refractivity contribution in [3.8, 4) is 5.75 Å². The molecule has 1 atom stereocenters. The molecule has 1 amide bonds. The van der Waals surface area contributed by atoms with Crippen LogP contribution >= 0.6 is 0 Å². The summed E-state index contributed by atoms with van der Waals surface area (Å²) in [6, 6.07) is 2.94. The van der Waals surface area contributed by atoms with Gasteiger partial charge in [0, 0.05) is 6.54 Å². The van der Waals surface area contributed by atoms with Gasteiger partial charge in [0.25, 0.3) is 5.91 Å². The molecule has 6 heteroatoms. The number of benzene rings is 1. The lowest BCUT2D eigenvalue weighted by Crippen LogP contribution is -2.48. The lowest BCUT2D eigenvalue weighted by atomic mass is 10.0. The van der Waals surface area contributed by atoms with E-state index in [4.69, 9.17) is 0 Å². The van der Waals surface area contributed by atoms with Crippen LogP contribution in [0.5, 0.6) is 5.75 Å². The number of halogens is 1. The monoisotopic (exact) mass is 281 g/mol. The molecule has 1 N–H and O–H groups in total. The van der Waals surface area contributed by atoms with Gasteiger partial charge in [0.05, 0.1) is 7.11 Å². The number of ether oxygens (including phenoxy) is 1. The Morgan fingerprint density at radius 3 is 2.80 bits per heavy atom. The average molecular weight is 281 g/mol. The molecule has 2 rings (SSSR count). The summed E-state index contributed by atoms with van der Waals surface area (Å²) in [6.07, 6.45) is 2.01. The first-order valence-corrected chi connectivity index (χ1v) is 6.42. The maximum atomic E-state index is 13.7. The van der Waals surface area contributed by atoms with Gasteiger partial charge < -0.3 is 14.7 Å². The van der Waals surface area contributed by atoms with Crippen molar-refractivity contribution in [2.24, 2.45) is 0 Å². The van der Waals surface area contributed by atoms with Crippen LogP contribution in [0.1, 0.15) is 29.6 Å². The Morgan fingerprint density at radius 2 is 2.15 bits per heavy atom. The highest BCUT2D eigenvalue weighted by Crippen LogP contribution is 2.26. The summed E-state index contributed by atoms with van der Waals surface area (Å²) in [4.78, 5) is 25.4. The number of methoxy groups -OCH3 is 1. The van der Waals surface area contributed by atoms with Crippen molar-refractivity contribution >= 4 is 11.9 Å². The number of rotatable bonds is 2. The zero-order valence-corrected chi connectivity index (χ0v) is 11.1. The molecule has 20 heavy (non-hydrogen) atoms. The second-order valence-corrected chi connectivity index (χ2v) is 4.67. The molecule has 1 aliphatic rings. The van der Waals surface area contributed by atoms with Gasteiger partial charge in [-0.15, -0.1) is 0 Å². The van der Waals surface area contributed by atoms with Crippen LogP contribution in [-0.4, -0.2) is 41.6 Å². The van der Waals surface area contributed by atoms with Crippen molar-refractivity contribution in [1.29, 1.82) is 0 Å². The zero-order chi connectivity index (χ0) is 14.7. The summed E-state index contributed by atoms with van der Waals surface area (Å²) in [6.45, 7) is 0.340. The Morgan fingerprint density at radius 1 is 1.40 bits per heavy atom. The standard InChI is InChI=1S/C14H16FNO4/c1-20-14(19)10-6-2-3-8-16(10)13(18)12-9(15)5-4-7-11(12)17/h4-5,7,10,17H,2-3,6,8H2,1H3/t10-/m1/s1. The molecule has 108 valence electrons. The lowest BCUT2D eigenvalue weighted by molar-refractivity contribution is -0.147. The van der Waals surface area contributed by atoms with E-state index in [1.807, 2.05) is 0 Å². The lowest BCUT2D eigenvalue weighted by Gasteiger charge is -2.33. The predicted molar refractivity (Wildman–Crippen MR) is 68.8 cm³/mol. The number of likely N-dealkylation sites (tertiary alicyclic amines) is 1. The van der Waals surface area contributed by atoms with Gasteiger partial charge in [-0.3, -0.25) is 4.79 Å². The van der Waals surface area contributed by atoms with Gasteiger partial charge in [0.15, 0.2) is 0 Å². The van der Waals surface area contributed by atoms with Crippen LogP contribution in [0.4, 0.5) is 4.39 Å². The van der Waals surface area contributed by atoms with Gasteiger partial charge in [0.1, 0.15) is 23.2 Å². The van der Waals surface area contributed by atoms with E-state index in [1.54, 1.807) is 0 Å². The van der Waals surface area contributed by atoms with E-state index in [9.17, 15) is 19.1 Å². The minimum absolute atomic E-state index is 0.340. The molecule has 1 aliphatic heterocycles. The van der Waals surface area contributed by atoms with Gasteiger partial charge in [-0.25, -0.2) is 9.18 Å². The van der Waals surface area contributed by atoms with E-state index < -0.39 is 35.0 Å². The smallest absolute Gasteiger partial charge is 0.328 e. The number of hydrogen-bond donors (Lipinski definition) is 1. The van der Waals surface area contributed by atoms with E-state index in [2.05, 4.69) is 4.74 Å². The Hall–Kier alpha value is -2.11. The van der Waals surface area contributed by atoms with Crippen LogP contribution in [0.15, 0.2) is 18.2 Å². The third-order valence-corrected chi connectivity index (χ3v) is 3.44. The molecule has 0 aliphatic carbocycles. The highest BCUT2D eigenvalue weighted by Gasteiger charge is 2.35. The summed E-state index contributed by atoms with van der Waals surface area (Å²) >= 11 is 0. The number of amides is 1. The van der Waals surface area contributed by atoms with E-state index in [0.29, 0.717) is 13.0 Å². The first-order chi connectivity index (χ1) is 9.56. The molecule has 0 saturated carbocycles. The number of phenols is 1. The molecule has 0 bridgehead atoms. The Kier molecular flexibility index (Phi) is 4.22. The third kappa shape index (κ3) is 2.59. The molecule has 0 aromatic heterocycles. The maximum absolute atomic E-state index is 13.7. The average Bonchev–Trinajstić information content (AvgIpc) is 2.46. The third-order valence-electron chi connectivity index (χ3n) is 3.44. The van der Waals surface area contributed by atoms with Gasteiger partial charge >= 0.3 is 5.97 Å². The van der Waals surface area contributed by atoms with Crippen molar-refractivity contribution < 1.29 is 23.8 Å². The van der Waals surface area contributed by atoms with E-state index >= 15 is 0 Å². The largest absolute Gasteiger partial charge is 0.507 e. The maximum Gasteiger partial charge on any atom is 0.328 e. The number of carbonyl (C=O) groups is 2. The molecule has 1 saturated heterocycles. The van der Waals surface area contributed by atoms with E-state index in [-0.39, 0.29) is 0 Å². The topological polar surface area (TPSA) is 66.8 Å². The molecule has 1 aromatic rings. The van der Waals surface area contributed by atoms with Gasteiger partial charge in [-0.05, 0) is 31.4 Å². The zero-order valence-electron chi connectivity index (χ0n) is 11.1. The summed E-state index contributed by atoms with van der Waals surface area (Å²) in [5.41, 5.74) is -0.400. The predicted octanol–water partition coefficient (Wildman–Crippen LogP) is 1.70. The summed E-state index contributed by atoms with van der Waals surface area (Å²) in [5.74, 6) is -2.43. The van der Waals surface area contributed by atoms with E-state index in [1.165, 1.54) is 24.1 Å². The highest BCUT2D eigenvalue weighted by atomic mass is 19.1. The van der Waals surface area contributed by atoms with Crippen LogP contribution < -0.4 is 0 Å². The Bertz CT molecular complexity index is 512. The second-order valence-electron chi connectivity index (χ2n) is 4.67. The number of carbonyl (C=O) groups excluding carboxylic acids is 2. The first-order valence-electron chi connectivity index (χ1n) is 6.42. The molecule has 0 radical (unpaired) electrons. The normalized spacial score (nSPS) is 18.7. The van der Waals surface area contributed by atoms with Crippen LogP contribution in [0.3, 0.4) is 0 Å². The van der Waals surface area contributed by atoms with Crippen LogP contribution in [0.2, 0.25) is 0 Å². The quantitative estimate of drug-likeness (QED) is 0.838. The molecule has 1 heterocycles. The van der Waals surface area contributed by atoms with Crippen molar-refractivity contribution in [1.82, 2.24) is 4.90 Å². The molecule has 0 spiro atoms. The van der Waals surface area contributed by atoms with Crippen LogP contribution in [0.25, 0.3) is 0 Å². The van der Waals surface area contributed by atoms with Crippen LogP contribution in [0, 0.1) is 5.82 Å². The van der Waals surface area contributed by atoms with Gasteiger partial charge in [-0.1, -0.05) is 6.07 Å². The Balaban J connectivity index is 2.33. The minimum Gasteiger partial charge on any atom is -0.507 e. The summed E-state index contributed by atoms with van der Waals surface area (Å²) in [7, 11) is 1.25. The number of nitrogens with zero attached hydrogens (tertiary/aromatic N) is 1. The van der Waals surface area contributed by atoms with Gasteiger partial charge in [0.2, 0.25) is 0 Å². The summed E-state index contributed by atoms with van der Waals surface area (Å²) in [5, 5.41) is 9.67. The molecule has 0 unspecified atom stereocenters. The molecular formula is C14H16FNO4. The number of piperidine rings is 1. The minimum atomic E-state index is -0.802.